The molecule has 4 N–H and O–H groups in total. The van der Waals surface area contributed by atoms with E-state index in [-0.39, 0.29) is 29.4 Å². The molecule has 2 aromatic carbocycles. The number of nitrogens with two attached hydrogens (primary N) is 1. The van der Waals surface area contributed by atoms with Crippen LogP contribution in [0.5, 0.6) is 0 Å². The molecule has 1 aliphatic carbocycles. The molecule has 2 aliphatic rings. The van der Waals surface area contributed by atoms with E-state index in [9.17, 15) is 4.39 Å². The maximum Gasteiger partial charge on any atom is 0.145 e. The van der Waals surface area contributed by atoms with E-state index in [0.29, 0.717) is 11.6 Å². The Morgan fingerprint density at radius 3 is 2.26 bits per heavy atom. The number of nitrogens with one attached hydrogen (secondary N) is 1. The first-order valence-electron chi connectivity index (χ1n) is 11.2. The summed E-state index contributed by atoms with van der Waals surface area (Å²) in [5.41, 5.74) is 7.08. The van der Waals surface area contributed by atoms with Crippen LogP contribution < -0.4 is 11.1 Å². The Labute approximate surface area is 196 Å². The van der Waals surface area contributed by atoms with E-state index in [4.69, 9.17) is 34.0 Å². The zero-order valence-electron chi connectivity index (χ0n) is 18.2. The van der Waals surface area contributed by atoms with Gasteiger partial charge in [-0.1, -0.05) is 85.6 Å². The van der Waals surface area contributed by atoms with Gasteiger partial charge in [-0.25, -0.2) is 4.39 Å². The Hall–Kier alpha value is -1.17. The summed E-state index contributed by atoms with van der Waals surface area (Å²) in [6.07, 6.45) is 7.83. The maximum atomic E-state index is 14.2. The van der Waals surface area contributed by atoms with Crippen molar-refractivity contribution in [2.45, 2.75) is 63.5 Å². The van der Waals surface area contributed by atoms with Gasteiger partial charge in [-0.15, -0.1) is 0 Å². The Kier molecular flexibility index (Phi) is 11.8. The molecule has 1 aliphatic heterocycles. The molecule has 0 amide bonds. The van der Waals surface area contributed by atoms with Crippen LogP contribution in [0.25, 0.3) is 0 Å². The number of aliphatic hydroxyl groups excluding tert-OH is 1. The van der Waals surface area contributed by atoms with Crippen LogP contribution in [-0.4, -0.2) is 30.3 Å². The van der Waals surface area contributed by atoms with Crippen molar-refractivity contribution in [1.82, 2.24) is 5.32 Å². The Morgan fingerprint density at radius 1 is 1.03 bits per heavy atom. The van der Waals surface area contributed by atoms with Gasteiger partial charge in [-0.05, 0) is 43.0 Å². The quantitative estimate of drug-likeness (QED) is 0.504. The standard InChI is InChI=1S/C17H24ClFN2.C6H5Cl.C2H6O/c18-14-8-4-7-12(16(14)19)13-10-21-15(17(13)20)9-11-5-2-1-3-6-11;7-6-4-2-1-3-5-6;1-2-3/h4,7-8,11,13,15,17,21H,1-3,5-6,9-10,20H2;1-5H;3H,2H2,1H3. The van der Waals surface area contributed by atoms with Crippen molar-refractivity contribution >= 4 is 23.2 Å². The third-order valence-electron chi connectivity index (χ3n) is 5.96. The van der Waals surface area contributed by atoms with E-state index in [1.165, 1.54) is 32.1 Å². The van der Waals surface area contributed by atoms with Gasteiger partial charge in [0.25, 0.3) is 0 Å². The first-order valence-corrected chi connectivity index (χ1v) is 12.0. The molecule has 4 rings (SSSR count). The highest BCUT2D eigenvalue weighted by Gasteiger charge is 2.36. The first-order chi connectivity index (χ1) is 15.0. The predicted molar refractivity (Wildman–Crippen MR) is 129 cm³/mol. The third-order valence-corrected chi connectivity index (χ3v) is 6.50. The van der Waals surface area contributed by atoms with Crippen LogP contribution in [0.2, 0.25) is 10.0 Å². The fraction of sp³-hybridized carbons (Fsp3) is 0.520. The van der Waals surface area contributed by atoms with Gasteiger partial charge in [0.05, 0.1) is 5.02 Å². The lowest BCUT2D eigenvalue weighted by atomic mass is 9.82. The van der Waals surface area contributed by atoms with Crippen LogP contribution in [0.15, 0.2) is 48.5 Å². The van der Waals surface area contributed by atoms with Crippen molar-refractivity contribution in [3.8, 4) is 0 Å². The van der Waals surface area contributed by atoms with Crippen molar-refractivity contribution in [2.24, 2.45) is 11.7 Å². The molecule has 1 saturated carbocycles. The molecule has 3 atom stereocenters. The lowest BCUT2D eigenvalue weighted by Gasteiger charge is -2.27. The number of aliphatic hydroxyl groups is 1. The summed E-state index contributed by atoms with van der Waals surface area (Å²) < 4.78 is 14.2. The first kappa shape index (κ1) is 26.1. The van der Waals surface area contributed by atoms with Crippen molar-refractivity contribution in [1.29, 1.82) is 0 Å². The number of hydrogen-bond acceptors (Lipinski definition) is 3. The fourth-order valence-corrected chi connectivity index (χ4v) is 4.72. The smallest absolute Gasteiger partial charge is 0.145 e. The second-order valence-corrected chi connectivity index (χ2v) is 9.04. The zero-order valence-corrected chi connectivity index (χ0v) is 19.8. The van der Waals surface area contributed by atoms with Gasteiger partial charge in [0.1, 0.15) is 5.82 Å². The summed E-state index contributed by atoms with van der Waals surface area (Å²) >= 11 is 11.4. The summed E-state index contributed by atoms with van der Waals surface area (Å²) in [5, 5.41) is 12.1. The van der Waals surface area contributed by atoms with E-state index in [2.05, 4.69) is 5.32 Å². The molecule has 0 radical (unpaired) electrons. The highest BCUT2D eigenvalue weighted by molar-refractivity contribution is 6.31. The van der Waals surface area contributed by atoms with E-state index in [1.807, 2.05) is 42.5 Å². The van der Waals surface area contributed by atoms with Crippen LogP contribution in [0, 0.1) is 11.7 Å². The van der Waals surface area contributed by atoms with E-state index in [1.54, 1.807) is 13.0 Å². The van der Waals surface area contributed by atoms with E-state index >= 15 is 0 Å². The van der Waals surface area contributed by atoms with Crippen LogP contribution in [0.3, 0.4) is 0 Å². The molecule has 31 heavy (non-hydrogen) atoms. The average Bonchev–Trinajstić information content (AvgIpc) is 3.12. The normalized spacial score (nSPS) is 23.4. The largest absolute Gasteiger partial charge is 0.397 e. The monoisotopic (exact) mass is 468 g/mol. The molecule has 3 unspecified atom stereocenters. The predicted octanol–water partition coefficient (Wildman–Crippen LogP) is 6.17. The van der Waals surface area contributed by atoms with Crippen molar-refractivity contribution < 1.29 is 9.50 Å². The Balaban J connectivity index is 0.000000284. The van der Waals surface area contributed by atoms with Gasteiger partial charge in [-0.2, -0.15) is 0 Å². The van der Waals surface area contributed by atoms with Crippen LogP contribution in [-0.2, 0) is 0 Å². The van der Waals surface area contributed by atoms with Crippen LogP contribution in [0.4, 0.5) is 4.39 Å². The maximum absolute atomic E-state index is 14.2. The molecule has 2 aromatic rings. The molecular weight excluding hydrogens is 434 g/mol. The van der Waals surface area contributed by atoms with Crippen molar-refractivity contribution in [3.05, 3.63) is 70.0 Å². The molecule has 0 spiro atoms. The van der Waals surface area contributed by atoms with Crippen molar-refractivity contribution in [3.63, 3.8) is 0 Å². The zero-order chi connectivity index (χ0) is 22.6. The molecule has 1 heterocycles. The molecule has 1 saturated heterocycles. The van der Waals surface area contributed by atoms with Gasteiger partial charge in [-0.3, -0.25) is 0 Å². The lowest BCUT2D eigenvalue weighted by Crippen LogP contribution is -2.40. The van der Waals surface area contributed by atoms with E-state index in [0.717, 1.165) is 23.9 Å². The van der Waals surface area contributed by atoms with Gasteiger partial charge in [0.15, 0.2) is 0 Å². The summed E-state index contributed by atoms with van der Waals surface area (Å²) in [7, 11) is 0. The lowest BCUT2D eigenvalue weighted by molar-refractivity contribution is 0.299. The minimum absolute atomic E-state index is 0.0253. The van der Waals surface area contributed by atoms with Crippen LogP contribution >= 0.6 is 23.2 Å². The minimum Gasteiger partial charge on any atom is -0.397 e. The third kappa shape index (κ3) is 8.36. The molecule has 2 fully saturated rings. The Bertz CT molecular complexity index is 756. The summed E-state index contributed by atoms with van der Waals surface area (Å²) in [6.45, 7) is 2.68. The summed E-state index contributed by atoms with van der Waals surface area (Å²) in [4.78, 5) is 0. The fourth-order valence-electron chi connectivity index (χ4n) is 4.39. The number of halogens is 3. The van der Waals surface area contributed by atoms with Gasteiger partial charge < -0.3 is 16.2 Å². The molecule has 6 heteroatoms. The number of rotatable bonds is 3. The van der Waals surface area contributed by atoms with Gasteiger partial charge >= 0.3 is 0 Å². The molecule has 0 bridgehead atoms. The molecule has 172 valence electrons. The summed E-state index contributed by atoms with van der Waals surface area (Å²) in [6, 6.07) is 14.9. The second-order valence-electron chi connectivity index (χ2n) is 8.19. The molecule has 0 aromatic heterocycles. The highest BCUT2D eigenvalue weighted by Crippen LogP contribution is 2.34. The number of hydrogen-bond donors (Lipinski definition) is 3. The minimum atomic E-state index is -0.306. The van der Waals surface area contributed by atoms with Crippen LogP contribution in [0.1, 0.15) is 56.9 Å². The Morgan fingerprint density at radius 2 is 1.68 bits per heavy atom. The molecular formula is C25H35Cl2FN2O. The molecule has 3 nitrogen and oxygen atoms in total. The van der Waals surface area contributed by atoms with E-state index < -0.39 is 0 Å². The van der Waals surface area contributed by atoms with Gasteiger partial charge in [0, 0.05) is 36.2 Å². The number of benzene rings is 2. The topological polar surface area (TPSA) is 58.3 Å². The SMILES string of the molecule is CCO.Clc1ccccc1.NC1C(CC2CCCCC2)NCC1c1cccc(Cl)c1F. The summed E-state index contributed by atoms with van der Waals surface area (Å²) in [5.74, 6) is 0.502. The highest BCUT2D eigenvalue weighted by atomic mass is 35.5. The average molecular weight is 469 g/mol. The van der Waals surface area contributed by atoms with Crippen molar-refractivity contribution in [2.75, 3.05) is 13.2 Å². The van der Waals surface area contributed by atoms with Gasteiger partial charge in [0.2, 0.25) is 0 Å². The second kappa shape index (κ2) is 14.1.